The van der Waals surface area contributed by atoms with Crippen LogP contribution >= 0.6 is 0 Å². The predicted octanol–water partition coefficient (Wildman–Crippen LogP) is 3.28. The highest BCUT2D eigenvalue weighted by Gasteiger charge is 2.36. The van der Waals surface area contributed by atoms with Crippen molar-refractivity contribution >= 4 is 22.0 Å². The van der Waals surface area contributed by atoms with Gasteiger partial charge in [-0.15, -0.1) is 0 Å². The number of amides is 1. The topological polar surface area (TPSA) is 76.1 Å². The minimum atomic E-state index is -5.03. The first kappa shape index (κ1) is 19.6. The summed E-state index contributed by atoms with van der Waals surface area (Å²) >= 11 is 0. The third kappa shape index (κ3) is 5.12. The van der Waals surface area contributed by atoms with Gasteiger partial charge in [0.05, 0.1) is 22.2 Å². The maximum atomic E-state index is 13.1. The van der Waals surface area contributed by atoms with Gasteiger partial charge >= 0.3 is 6.18 Å². The van der Waals surface area contributed by atoms with Gasteiger partial charge in [-0.2, -0.15) is 13.2 Å². The monoisotopic (exact) mass is 388 g/mol. The molecule has 26 heavy (non-hydrogen) atoms. The van der Waals surface area contributed by atoms with Gasteiger partial charge in [0, 0.05) is 5.69 Å². The molecule has 1 heterocycles. The Kier molecular flexibility index (Phi) is 5.45. The van der Waals surface area contributed by atoms with Crippen LogP contribution in [0.5, 0.6) is 0 Å². The average Bonchev–Trinajstić information content (AvgIpc) is 2.52. The number of halogens is 4. The molecule has 1 aromatic heterocycles. The number of sulfonamides is 1. The summed E-state index contributed by atoms with van der Waals surface area (Å²) in [7, 11) is -4.39. The number of carbonyl (C=O) groups excluding carboxylic acids is 1. The van der Waals surface area contributed by atoms with E-state index in [1.807, 2.05) is 0 Å². The Labute approximate surface area is 146 Å². The van der Waals surface area contributed by atoms with Gasteiger partial charge in [0.25, 0.3) is 15.9 Å². The summed E-state index contributed by atoms with van der Waals surface area (Å²) in [5.41, 5.74) is -1.69. The molecule has 2 rings (SSSR count). The van der Waals surface area contributed by atoms with E-state index in [1.165, 1.54) is 10.8 Å². The Hall–Kier alpha value is -2.75. The summed E-state index contributed by atoms with van der Waals surface area (Å²) in [6.07, 6.45) is -3.95. The molecule has 0 fully saturated rings. The normalized spacial score (nSPS) is 12.3. The number of pyridine rings is 1. The molecular formula is C16H12F4N2O3S. The van der Waals surface area contributed by atoms with Gasteiger partial charge in [-0.3, -0.25) is 9.78 Å². The zero-order chi connectivity index (χ0) is 19.5. The number of aromatic nitrogens is 1. The smallest absolute Gasteiger partial charge is 0.268 e. The lowest BCUT2D eigenvalue weighted by molar-refractivity contribution is -0.138. The van der Waals surface area contributed by atoms with E-state index in [0.717, 1.165) is 6.08 Å². The molecule has 0 spiro atoms. The molecule has 138 valence electrons. The van der Waals surface area contributed by atoms with E-state index in [0.29, 0.717) is 23.2 Å². The van der Waals surface area contributed by atoms with Crippen molar-refractivity contribution in [2.45, 2.75) is 13.1 Å². The second kappa shape index (κ2) is 7.24. The van der Waals surface area contributed by atoms with Crippen molar-refractivity contribution in [2.24, 2.45) is 0 Å². The molecule has 0 radical (unpaired) electrons. The van der Waals surface area contributed by atoms with Crippen LogP contribution in [0.2, 0.25) is 0 Å². The van der Waals surface area contributed by atoms with Gasteiger partial charge in [-0.25, -0.2) is 17.5 Å². The molecule has 2 aromatic rings. The molecule has 0 atom stereocenters. The van der Waals surface area contributed by atoms with Gasteiger partial charge in [-0.1, -0.05) is 6.07 Å². The van der Waals surface area contributed by atoms with E-state index in [9.17, 15) is 30.8 Å². The van der Waals surface area contributed by atoms with Crippen molar-refractivity contribution in [3.8, 4) is 0 Å². The summed E-state index contributed by atoms with van der Waals surface area (Å²) in [4.78, 5) is 16.0. The van der Waals surface area contributed by atoms with E-state index in [1.54, 1.807) is 19.1 Å². The SMILES string of the molecule is Cc1cccc(C=CS(=O)(=O)NC(=O)c2ccc(F)cc2C(F)(F)F)n1. The molecule has 1 aromatic carbocycles. The lowest BCUT2D eigenvalue weighted by Crippen LogP contribution is -2.30. The first-order valence-electron chi connectivity index (χ1n) is 7.03. The van der Waals surface area contributed by atoms with Crippen LogP contribution in [0, 0.1) is 12.7 Å². The zero-order valence-corrected chi connectivity index (χ0v) is 14.0. The summed E-state index contributed by atoms with van der Waals surface area (Å²) in [5, 5.41) is 0.601. The lowest BCUT2D eigenvalue weighted by Gasteiger charge is -2.12. The highest BCUT2D eigenvalue weighted by Crippen LogP contribution is 2.32. The fourth-order valence-electron chi connectivity index (χ4n) is 1.98. The van der Waals surface area contributed by atoms with E-state index >= 15 is 0 Å². The maximum Gasteiger partial charge on any atom is 0.417 e. The number of rotatable bonds is 4. The number of alkyl halides is 3. The van der Waals surface area contributed by atoms with Crippen molar-refractivity contribution in [3.63, 3.8) is 0 Å². The predicted molar refractivity (Wildman–Crippen MR) is 85.8 cm³/mol. The molecule has 0 saturated heterocycles. The molecule has 1 N–H and O–H groups in total. The average molecular weight is 388 g/mol. The van der Waals surface area contributed by atoms with Crippen LogP contribution < -0.4 is 4.72 Å². The van der Waals surface area contributed by atoms with Gasteiger partial charge in [0.15, 0.2) is 0 Å². The quantitative estimate of drug-likeness (QED) is 0.816. The summed E-state index contributed by atoms with van der Waals surface area (Å²) < 4.78 is 77.1. The number of hydrogen-bond donors (Lipinski definition) is 1. The van der Waals surface area contributed by atoms with Crippen molar-refractivity contribution in [1.82, 2.24) is 9.71 Å². The number of carbonyl (C=O) groups is 1. The Bertz CT molecular complexity index is 970. The van der Waals surface area contributed by atoms with Crippen molar-refractivity contribution in [1.29, 1.82) is 0 Å². The van der Waals surface area contributed by atoms with Crippen molar-refractivity contribution in [3.05, 3.63) is 70.1 Å². The number of aryl methyl sites for hydroxylation is 1. The Balaban J connectivity index is 2.26. The van der Waals surface area contributed by atoms with Gasteiger partial charge in [-0.05, 0) is 43.3 Å². The van der Waals surface area contributed by atoms with Gasteiger partial charge < -0.3 is 0 Å². The highest BCUT2D eigenvalue weighted by atomic mass is 32.2. The Morgan fingerprint density at radius 1 is 1.19 bits per heavy atom. The molecule has 0 saturated carbocycles. The minimum Gasteiger partial charge on any atom is -0.268 e. The third-order valence-electron chi connectivity index (χ3n) is 3.09. The minimum absolute atomic E-state index is 0.119. The number of benzene rings is 1. The van der Waals surface area contributed by atoms with Gasteiger partial charge in [0.2, 0.25) is 0 Å². The first-order chi connectivity index (χ1) is 12.0. The molecule has 0 unspecified atom stereocenters. The second-order valence-electron chi connectivity index (χ2n) is 5.17. The number of nitrogens with zero attached hydrogens (tertiary/aromatic N) is 1. The van der Waals surface area contributed by atoms with E-state index in [2.05, 4.69) is 4.98 Å². The summed E-state index contributed by atoms with van der Waals surface area (Å²) in [5.74, 6) is -2.73. The van der Waals surface area contributed by atoms with Crippen molar-refractivity contribution < 1.29 is 30.8 Å². The van der Waals surface area contributed by atoms with E-state index in [-0.39, 0.29) is 11.8 Å². The van der Waals surface area contributed by atoms with Crippen LogP contribution in [-0.4, -0.2) is 19.3 Å². The molecule has 10 heteroatoms. The summed E-state index contributed by atoms with van der Waals surface area (Å²) in [6.45, 7) is 1.68. The lowest BCUT2D eigenvalue weighted by atomic mass is 10.1. The molecule has 0 aliphatic rings. The van der Waals surface area contributed by atoms with Crippen LogP contribution in [0.3, 0.4) is 0 Å². The van der Waals surface area contributed by atoms with Crippen LogP contribution in [0.4, 0.5) is 17.6 Å². The van der Waals surface area contributed by atoms with Crippen LogP contribution in [0.15, 0.2) is 41.8 Å². The molecule has 0 aliphatic heterocycles. The van der Waals surface area contributed by atoms with Crippen molar-refractivity contribution in [2.75, 3.05) is 0 Å². The van der Waals surface area contributed by atoms with Crippen LogP contribution in [0.1, 0.15) is 27.3 Å². The molecule has 1 amide bonds. The van der Waals surface area contributed by atoms with E-state index in [4.69, 9.17) is 0 Å². The Morgan fingerprint density at radius 2 is 1.88 bits per heavy atom. The molecule has 0 aliphatic carbocycles. The first-order valence-corrected chi connectivity index (χ1v) is 8.58. The summed E-state index contributed by atoms with van der Waals surface area (Å²) in [6, 6.07) is 6.12. The standard InChI is InChI=1S/C16H12F4N2O3S/c1-10-3-2-4-12(21-10)7-8-26(24,25)22-15(23)13-6-5-11(17)9-14(13)16(18,19)20/h2-9H,1H3,(H,22,23). The van der Waals surface area contributed by atoms with Gasteiger partial charge in [0.1, 0.15) is 5.82 Å². The maximum absolute atomic E-state index is 13.1. The largest absolute Gasteiger partial charge is 0.417 e. The van der Waals surface area contributed by atoms with Crippen LogP contribution in [-0.2, 0) is 16.2 Å². The number of nitrogens with one attached hydrogen (secondary N) is 1. The number of hydrogen-bond acceptors (Lipinski definition) is 4. The Morgan fingerprint density at radius 3 is 2.50 bits per heavy atom. The highest BCUT2D eigenvalue weighted by molar-refractivity contribution is 7.93. The molecule has 5 nitrogen and oxygen atoms in total. The zero-order valence-electron chi connectivity index (χ0n) is 13.2. The third-order valence-corrected chi connectivity index (χ3v) is 4.06. The second-order valence-corrected chi connectivity index (χ2v) is 6.74. The van der Waals surface area contributed by atoms with Crippen LogP contribution in [0.25, 0.3) is 6.08 Å². The van der Waals surface area contributed by atoms with E-state index < -0.39 is 39.1 Å². The fourth-order valence-corrected chi connectivity index (χ4v) is 2.74. The molecular weight excluding hydrogens is 376 g/mol. The molecule has 0 bridgehead atoms. The fraction of sp³-hybridized carbons (Fsp3) is 0.125.